The second-order valence-electron chi connectivity index (χ2n) is 3.97. The molecule has 94 valence electrons. The van der Waals surface area contributed by atoms with Crippen LogP contribution in [0.1, 0.15) is 9.75 Å². The van der Waals surface area contributed by atoms with Crippen LogP contribution in [0.25, 0.3) is 0 Å². The van der Waals surface area contributed by atoms with Crippen LogP contribution in [0.3, 0.4) is 0 Å². The lowest BCUT2D eigenvalue weighted by Crippen LogP contribution is -2.49. The van der Waals surface area contributed by atoms with Crippen LogP contribution in [-0.4, -0.2) is 38.3 Å². The summed E-state index contributed by atoms with van der Waals surface area (Å²) in [5, 5.41) is 2.61. The summed E-state index contributed by atoms with van der Waals surface area (Å²) < 4.78 is 25.9. The number of hydrogen-bond donors (Lipinski definition) is 1. The summed E-state index contributed by atoms with van der Waals surface area (Å²) in [6, 6.07) is 1.67. The molecular formula is C10H14N2O3S2. The van der Waals surface area contributed by atoms with Gasteiger partial charge in [0.1, 0.15) is 0 Å². The molecule has 0 radical (unpaired) electrons. The predicted octanol–water partition coefficient (Wildman–Crippen LogP) is 0.485. The maximum Gasteiger partial charge on any atom is 0.244 e. The van der Waals surface area contributed by atoms with E-state index in [0.717, 1.165) is 9.75 Å². The Kier molecular flexibility index (Phi) is 3.24. The van der Waals surface area contributed by atoms with Gasteiger partial charge in [-0.05, 0) is 19.9 Å². The maximum atomic E-state index is 12.3. The van der Waals surface area contributed by atoms with Crippen LogP contribution >= 0.6 is 11.3 Å². The molecule has 1 aliphatic heterocycles. The monoisotopic (exact) mass is 274 g/mol. The molecule has 17 heavy (non-hydrogen) atoms. The minimum atomic E-state index is -3.52. The summed E-state index contributed by atoms with van der Waals surface area (Å²) in [4.78, 5) is 13.3. The van der Waals surface area contributed by atoms with Gasteiger partial charge in [-0.3, -0.25) is 4.79 Å². The molecule has 5 nitrogen and oxygen atoms in total. The number of carbonyl (C=O) groups is 1. The van der Waals surface area contributed by atoms with Crippen molar-refractivity contribution in [1.82, 2.24) is 9.62 Å². The molecular weight excluding hydrogens is 260 g/mol. The second-order valence-corrected chi connectivity index (χ2v) is 7.33. The minimum absolute atomic E-state index is 0.0866. The SMILES string of the molecule is Cc1cc(S(=O)(=O)N2CCNC(=O)C2)c(C)s1. The van der Waals surface area contributed by atoms with E-state index in [1.807, 2.05) is 6.92 Å². The molecule has 0 atom stereocenters. The molecule has 0 aromatic carbocycles. The van der Waals surface area contributed by atoms with Crippen LogP contribution in [0.5, 0.6) is 0 Å². The van der Waals surface area contributed by atoms with Crippen LogP contribution in [0.2, 0.25) is 0 Å². The zero-order valence-corrected chi connectivity index (χ0v) is 11.3. The fourth-order valence-electron chi connectivity index (χ4n) is 1.82. The van der Waals surface area contributed by atoms with E-state index in [2.05, 4.69) is 5.32 Å². The molecule has 1 aromatic rings. The van der Waals surface area contributed by atoms with E-state index in [-0.39, 0.29) is 12.5 Å². The summed E-state index contributed by atoms with van der Waals surface area (Å²) in [7, 11) is -3.52. The van der Waals surface area contributed by atoms with Gasteiger partial charge in [-0.25, -0.2) is 8.42 Å². The molecule has 1 aliphatic rings. The molecule has 1 aromatic heterocycles. The first-order chi connectivity index (χ1) is 7.91. The molecule has 1 amide bonds. The van der Waals surface area contributed by atoms with E-state index < -0.39 is 10.0 Å². The fourth-order valence-corrected chi connectivity index (χ4v) is 4.74. The molecule has 1 saturated heterocycles. The van der Waals surface area contributed by atoms with Gasteiger partial charge in [-0.15, -0.1) is 11.3 Å². The Morgan fingerprint density at radius 1 is 1.41 bits per heavy atom. The maximum absolute atomic E-state index is 12.3. The van der Waals surface area contributed by atoms with Crippen molar-refractivity contribution in [1.29, 1.82) is 0 Å². The van der Waals surface area contributed by atoms with Crippen molar-refractivity contribution in [3.05, 3.63) is 15.8 Å². The molecule has 0 saturated carbocycles. The summed E-state index contributed by atoms with van der Waals surface area (Å²) in [6.45, 7) is 4.29. The van der Waals surface area contributed by atoms with E-state index in [0.29, 0.717) is 18.0 Å². The molecule has 0 spiro atoms. The summed E-state index contributed by atoms with van der Waals surface area (Å²) >= 11 is 1.45. The van der Waals surface area contributed by atoms with Crippen molar-refractivity contribution >= 4 is 27.3 Å². The number of piperazine rings is 1. The average molecular weight is 274 g/mol. The minimum Gasteiger partial charge on any atom is -0.354 e. The highest BCUT2D eigenvalue weighted by Crippen LogP contribution is 2.27. The van der Waals surface area contributed by atoms with Gasteiger partial charge in [0, 0.05) is 22.8 Å². The van der Waals surface area contributed by atoms with Gasteiger partial charge in [0.05, 0.1) is 11.4 Å². The van der Waals surface area contributed by atoms with Crippen LogP contribution in [0.4, 0.5) is 0 Å². The number of sulfonamides is 1. The molecule has 2 heterocycles. The van der Waals surface area contributed by atoms with Crippen molar-refractivity contribution in [2.45, 2.75) is 18.7 Å². The van der Waals surface area contributed by atoms with E-state index in [4.69, 9.17) is 0 Å². The molecule has 7 heteroatoms. The molecule has 1 fully saturated rings. The van der Waals surface area contributed by atoms with E-state index >= 15 is 0 Å². The Bertz CT molecular complexity index is 548. The third kappa shape index (κ3) is 2.36. The first kappa shape index (κ1) is 12.5. The third-order valence-electron chi connectivity index (χ3n) is 2.62. The van der Waals surface area contributed by atoms with Crippen LogP contribution < -0.4 is 5.32 Å². The highest BCUT2D eigenvalue weighted by Gasteiger charge is 2.30. The number of amides is 1. The first-order valence-electron chi connectivity index (χ1n) is 5.25. The standard InChI is InChI=1S/C10H14N2O3S2/c1-7-5-9(8(2)16-7)17(14,15)12-4-3-11-10(13)6-12/h5H,3-4,6H2,1-2H3,(H,11,13). The van der Waals surface area contributed by atoms with Crippen molar-refractivity contribution in [2.75, 3.05) is 19.6 Å². The van der Waals surface area contributed by atoms with Crippen LogP contribution in [0.15, 0.2) is 11.0 Å². The van der Waals surface area contributed by atoms with Gasteiger partial charge in [0.2, 0.25) is 15.9 Å². The van der Waals surface area contributed by atoms with Gasteiger partial charge in [-0.2, -0.15) is 4.31 Å². The highest BCUT2D eigenvalue weighted by molar-refractivity contribution is 7.89. The lowest BCUT2D eigenvalue weighted by Gasteiger charge is -2.25. The number of carbonyl (C=O) groups excluding carboxylic acids is 1. The third-order valence-corrected chi connectivity index (χ3v) is 5.68. The second kappa shape index (κ2) is 4.40. The zero-order chi connectivity index (χ0) is 12.6. The van der Waals surface area contributed by atoms with Crippen molar-refractivity contribution in [2.24, 2.45) is 0 Å². The van der Waals surface area contributed by atoms with Gasteiger partial charge in [0.15, 0.2) is 0 Å². The number of rotatable bonds is 2. The van der Waals surface area contributed by atoms with Crippen LogP contribution in [0, 0.1) is 13.8 Å². The van der Waals surface area contributed by atoms with Gasteiger partial charge in [0.25, 0.3) is 0 Å². The first-order valence-corrected chi connectivity index (χ1v) is 7.51. The smallest absolute Gasteiger partial charge is 0.244 e. The summed E-state index contributed by atoms with van der Waals surface area (Å²) in [6.07, 6.45) is 0. The quantitative estimate of drug-likeness (QED) is 0.853. The number of aryl methyl sites for hydroxylation is 2. The molecule has 0 bridgehead atoms. The highest BCUT2D eigenvalue weighted by atomic mass is 32.2. The van der Waals surface area contributed by atoms with E-state index in [1.54, 1.807) is 13.0 Å². The Labute approximate surface area is 104 Å². The molecule has 0 unspecified atom stereocenters. The van der Waals surface area contributed by atoms with Crippen molar-refractivity contribution in [3.8, 4) is 0 Å². The Morgan fingerprint density at radius 3 is 2.65 bits per heavy atom. The Hall–Kier alpha value is -0.920. The predicted molar refractivity (Wildman–Crippen MR) is 65.6 cm³/mol. The van der Waals surface area contributed by atoms with Gasteiger partial charge < -0.3 is 5.32 Å². The zero-order valence-electron chi connectivity index (χ0n) is 9.69. The van der Waals surface area contributed by atoms with Crippen molar-refractivity contribution in [3.63, 3.8) is 0 Å². The Morgan fingerprint density at radius 2 is 2.12 bits per heavy atom. The number of hydrogen-bond acceptors (Lipinski definition) is 4. The number of nitrogens with one attached hydrogen (secondary N) is 1. The number of nitrogens with zero attached hydrogens (tertiary/aromatic N) is 1. The normalized spacial score (nSPS) is 18.1. The fraction of sp³-hybridized carbons (Fsp3) is 0.500. The van der Waals surface area contributed by atoms with Crippen molar-refractivity contribution < 1.29 is 13.2 Å². The molecule has 1 N–H and O–H groups in total. The molecule has 0 aliphatic carbocycles. The van der Waals surface area contributed by atoms with E-state index in [1.165, 1.54) is 15.6 Å². The Balaban J connectivity index is 2.36. The number of thiophene rings is 1. The summed E-state index contributed by atoms with van der Waals surface area (Å²) in [5.74, 6) is -0.246. The average Bonchev–Trinajstić information content (AvgIpc) is 2.58. The largest absolute Gasteiger partial charge is 0.354 e. The van der Waals surface area contributed by atoms with Gasteiger partial charge in [-0.1, -0.05) is 0 Å². The summed E-state index contributed by atoms with van der Waals surface area (Å²) in [5.41, 5.74) is 0. The molecule has 2 rings (SSSR count). The topological polar surface area (TPSA) is 66.5 Å². The van der Waals surface area contributed by atoms with Gasteiger partial charge >= 0.3 is 0 Å². The lowest BCUT2D eigenvalue weighted by atomic mass is 10.4. The lowest BCUT2D eigenvalue weighted by molar-refractivity contribution is -0.122. The van der Waals surface area contributed by atoms with Crippen LogP contribution in [-0.2, 0) is 14.8 Å². The van der Waals surface area contributed by atoms with E-state index in [9.17, 15) is 13.2 Å².